The maximum absolute atomic E-state index is 13.2. The maximum Gasteiger partial charge on any atom is 0.391 e. The van der Waals surface area contributed by atoms with Crippen LogP contribution in [0, 0.1) is 18.7 Å². The molecular weight excluding hydrogens is 272 g/mol. The zero-order valence-electron chi connectivity index (χ0n) is 11.3. The minimum atomic E-state index is -4.27. The van der Waals surface area contributed by atoms with E-state index in [0.717, 1.165) is 5.56 Å². The Morgan fingerprint density at radius 3 is 2.70 bits per heavy atom. The number of benzene rings is 1. The van der Waals surface area contributed by atoms with E-state index in [0.29, 0.717) is 18.4 Å². The minimum Gasteiger partial charge on any atom is -0.390 e. The summed E-state index contributed by atoms with van der Waals surface area (Å²) in [6.07, 6.45) is -3.76. The topological polar surface area (TPSA) is 20.2 Å². The molecule has 1 saturated carbocycles. The van der Waals surface area contributed by atoms with Gasteiger partial charge < -0.3 is 5.11 Å². The highest BCUT2D eigenvalue weighted by atomic mass is 19.4. The van der Waals surface area contributed by atoms with Crippen molar-refractivity contribution in [2.45, 2.75) is 50.8 Å². The van der Waals surface area contributed by atoms with Crippen LogP contribution >= 0.6 is 0 Å². The van der Waals surface area contributed by atoms with Crippen molar-refractivity contribution >= 4 is 0 Å². The van der Waals surface area contributed by atoms with E-state index in [1.54, 1.807) is 13.0 Å². The van der Waals surface area contributed by atoms with Gasteiger partial charge in [0.15, 0.2) is 0 Å². The standard InChI is InChI=1S/C15H18F4O/c1-10-4-5-13(16)7-11(10)8-14(20)6-2-3-12(9-14)15(17,18)19/h4-5,7,12,20H,2-3,6,8-9H2,1H3. The Labute approximate surface area is 115 Å². The molecule has 1 aromatic carbocycles. The third-order valence-corrected chi connectivity index (χ3v) is 4.11. The van der Waals surface area contributed by atoms with Gasteiger partial charge in [0, 0.05) is 6.42 Å². The largest absolute Gasteiger partial charge is 0.391 e. The summed E-state index contributed by atoms with van der Waals surface area (Å²) >= 11 is 0. The number of hydrogen-bond donors (Lipinski definition) is 1. The van der Waals surface area contributed by atoms with Crippen molar-refractivity contribution in [1.82, 2.24) is 0 Å². The van der Waals surface area contributed by atoms with Gasteiger partial charge in [0.05, 0.1) is 11.5 Å². The Morgan fingerprint density at radius 2 is 2.05 bits per heavy atom. The molecule has 1 aliphatic carbocycles. The molecule has 0 spiro atoms. The summed E-state index contributed by atoms with van der Waals surface area (Å²) in [6.45, 7) is 1.77. The van der Waals surface area contributed by atoms with Crippen molar-refractivity contribution in [3.8, 4) is 0 Å². The summed E-state index contributed by atoms with van der Waals surface area (Å²) in [5, 5.41) is 10.5. The summed E-state index contributed by atoms with van der Waals surface area (Å²) in [7, 11) is 0. The molecule has 0 bridgehead atoms. The van der Waals surface area contributed by atoms with Crippen LogP contribution in [-0.2, 0) is 6.42 Å². The molecule has 0 heterocycles. The van der Waals surface area contributed by atoms with Crippen molar-refractivity contribution in [2.24, 2.45) is 5.92 Å². The molecule has 112 valence electrons. The third kappa shape index (κ3) is 3.51. The lowest BCUT2D eigenvalue weighted by Gasteiger charge is -2.38. The van der Waals surface area contributed by atoms with Crippen molar-refractivity contribution in [2.75, 3.05) is 0 Å². The van der Waals surface area contributed by atoms with Crippen LogP contribution in [0.25, 0.3) is 0 Å². The van der Waals surface area contributed by atoms with Gasteiger partial charge in [-0.1, -0.05) is 6.07 Å². The van der Waals surface area contributed by atoms with Crippen LogP contribution in [0.4, 0.5) is 17.6 Å². The second kappa shape index (κ2) is 5.35. The van der Waals surface area contributed by atoms with Crippen LogP contribution in [0.2, 0.25) is 0 Å². The van der Waals surface area contributed by atoms with Crippen LogP contribution in [0.3, 0.4) is 0 Å². The van der Waals surface area contributed by atoms with Crippen LogP contribution in [0.1, 0.15) is 36.8 Å². The number of halogens is 4. The average Bonchev–Trinajstić information content (AvgIpc) is 2.32. The number of aryl methyl sites for hydroxylation is 1. The van der Waals surface area contributed by atoms with E-state index in [1.807, 2.05) is 0 Å². The molecule has 0 amide bonds. The van der Waals surface area contributed by atoms with Crippen molar-refractivity contribution < 1.29 is 22.7 Å². The summed E-state index contributed by atoms with van der Waals surface area (Å²) in [5.41, 5.74) is -0.0268. The highest BCUT2D eigenvalue weighted by Gasteiger charge is 2.46. The first-order valence-electron chi connectivity index (χ1n) is 6.74. The lowest BCUT2D eigenvalue weighted by Crippen LogP contribution is -2.42. The van der Waals surface area contributed by atoms with E-state index in [2.05, 4.69) is 0 Å². The lowest BCUT2D eigenvalue weighted by atomic mass is 9.74. The van der Waals surface area contributed by atoms with Crippen molar-refractivity contribution in [3.05, 3.63) is 35.1 Å². The zero-order chi connectivity index (χ0) is 15.0. The predicted molar refractivity (Wildman–Crippen MR) is 67.8 cm³/mol. The molecule has 2 rings (SSSR count). The molecule has 1 aliphatic rings. The normalized spacial score (nSPS) is 27.6. The minimum absolute atomic E-state index is 0.0634. The number of aliphatic hydroxyl groups is 1. The predicted octanol–water partition coefficient (Wildman–Crippen LogP) is 4.16. The number of alkyl halides is 3. The Kier molecular flexibility index (Phi) is 4.09. The van der Waals surface area contributed by atoms with E-state index >= 15 is 0 Å². The zero-order valence-corrected chi connectivity index (χ0v) is 11.3. The van der Waals surface area contributed by atoms with Gasteiger partial charge in [0.1, 0.15) is 5.82 Å². The van der Waals surface area contributed by atoms with Gasteiger partial charge in [-0.3, -0.25) is 0 Å². The first-order valence-corrected chi connectivity index (χ1v) is 6.74. The highest BCUT2D eigenvalue weighted by molar-refractivity contribution is 5.28. The van der Waals surface area contributed by atoms with Gasteiger partial charge in [0.25, 0.3) is 0 Å². The van der Waals surface area contributed by atoms with E-state index in [1.165, 1.54) is 12.1 Å². The van der Waals surface area contributed by atoms with Crippen molar-refractivity contribution in [1.29, 1.82) is 0 Å². The SMILES string of the molecule is Cc1ccc(F)cc1CC1(O)CCCC(C(F)(F)F)C1. The Balaban J connectivity index is 2.16. The molecule has 0 aliphatic heterocycles. The van der Waals surface area contributed by atoms with E-state index in [-0.39, 0.29) is 19.3 Å². The molecular formula is C15H18F4O. The summed E-state index contributed by atoms with van der Waals surface area (Å²) < 4.78 is 51.6. The molecule has 1 N–H and O–H groups in total. The molecule has 0 radical (unpaired) electrons. The smallest absolute Gasteiger partial charge is 0.390 e. The van der Waals surface area contributed by atoms with E-state index < -0.39 is 23.5 Å². The van der Waals surface area contributed by atoms with Gasteiger partial charge in [0.2, 0.25) is 0 Å². The van der Waals surface area contributed by atoms with Crippen LogP contribution < -0.4 is 0 Å². The Hall–Kier alpha value is -1.10. The van der Waals surface area contributed by atoms with Gasteiger partial charge in [-0.05, 0) is 55.9 Å². The molecule has 20 heavy (non-hydrogen) atoms. The molecule has 5 heteroatoms. The second-order valence-electron chi connectivity index (χ2n) is 5.81. The number of hydrogen-bond acceptors (Lipinski definition) is 1. The molecule has 1 nitrogen and oxygen atoms in total. The van der Waals surface area contributed by atoms with E-state index in [9.17, 15) is 22.7 Å². The molecule has 2 atom stereocenters. The maximum atomic E-state index is 13.2. The molecule has 0 aromatic heterocycles. The quantitative estimate of drug-likeness (QED) is 0.811. The fourth-order valence-electron chi connectivity index (χ4n) is 2.97. The summed E-state index contributed by atoms with van der Waals surface area (Å²) in [6, 6.07) is 4.19. The molecule has 1 fully saturated rings. The first-order chi connectivity index (χ1) is 9.20. The highest BCUT2D eigenvalue weighted by Crippen LogP contribution is 2.43. The molecule has 0 saturated heterocycles. The summed E-state index contributed by atoms with van der Waals surface area (Å²) in [4.78, 5) is 0. The van der Waals surface area contributed by atoms with Crippen LogP contribution in [0.5, 0.6) is 0 Å². The average molecular weight is 290 g/mol. The Bertz CT molecular complexity index is 483. The van der Waals surface area contributed by atoms with Crippen molar-refractivity contribution in [3.63, 3.8) is 0 Å². The summed E-state index contributed by atoms with van der Waals surface area (Å²) in [5.74, 6) is -1.90. The van der Waals surface area contributed by atoms with Gasteiger partial charge in [-0.25, -0.2) is 4.39 Å². The fraction of sp³-hybridized carbons (Fsp3) is 0.600. The van der Waals surface area contributed by atoms with Crippen LogP contribution in [0.15, 0.2) is 18.2 Å². The lowest BCUT2D eigenvalue weighted by molar-refractivity contribution is -0.200. The number of rotatable bonds is 2. The monoisotopic (exact) mass is 290 g/mol. The molecule has 1 aromatic rings. The third-order valence-electron chi connectivity index (χ3n) is 4.11. The van der Waals surface area contributed by atoms with Crippen LogP contribution in [-0.4, -0.2) is 16.9 Å². The van der Waals surface area contributed by atoms with E-state index in [4.69, 9.17) is 0 Å². The van der Waals surface area contributed by atoms with Gasteiger partial charge in [-0.15, -0.1) is 0 Å². The molecule has 2 unspecified atom stereocenters. The fourth-order valence-corrected chi connectivity index (χ4v) is 2.97. The van der Waals surface area contributed by atoms with Gasteiger partial charge in [-0.2, -0.15) is 13.2 Å². The first kappa shape index (κ1) is 15.3. The van der Waals surface area contributed by atoms with Gasteiger partial charge >= 0.3 is 6.18 Å². The second-order valence-corrected chi connectivity index (χ2v) is 5.81. The Morgan fingerprint density at radius 1 is 1.35 bits per heavy atom.